The van der Waals surface area contributed by atoms with E-state index in [9.17, 15) is 19.8 Å². The fourth-order valence-corrected chi connectivity index (χ4v) is 5.30. The number of fused-ring (bicyclic) bond motifs is 3. The van der Waals surface area contributed by atoms with Gasteiger partial charge in [0.05, 0.1) is 18.6 Å². The molecule has 2 aromatic carbocycles. The molecule has 35 heavy (non-hydrogen) atoms. The normalized spacial score (nSPS) is 24.9. The molecule has 5 rings (SSSR count). The van der Waals surface area contributed by atoms with Crippen LogP contribution in [-0.4, -0.2) is 58.3 Å². The highest BCUT2D eigenvalue weighted by Crippen LogP contribution is 2.47. The van der Waals surface area contributed by atoms with Gasteiger partial charge in [-0.15, -0.1) is 0 Å². The van der Waals surface area contributed by atoms with Gasteiger partial charge in [-0.05, 0) is 37.5 Å². The van der Waals surface area contributed by atoms with E-state index in [1.807, 2.05) is 55.5 Å². The molecule has 7 heteroatoms. The second kappa shape index (κ2) is 9.84. The number of hydrogen-bond donors (Lipinski definition) is 3. The number of carbonyl (C=O) groups excluding carboxylic acids is 2. The summed E-state index contributed by atoms with van der Waals surface area (Å²) in [7, 11) is 0. The van der Waals surface area contributed by atoms with Crippen LogP contribution < -0.4 is 10.1 Å². The Kier molecular flexibility index (Phi) is 6.62. The van der Waals surface area contributed by atoms with Crippen LogP contribution in [0, 0.1) is 12.8 Å². The Balaban J connectivity index is 1.54. The third-order valence-electron chi connectivity index (χ3n) is 7.45. The number of benzene rings is 2. The first-order valence-corrected chi connectivity index (χ1v) is 12.4. The first kappa shape index (κ1) is 23.6. The summed E-state index contributed by atoms with van der Waals surface area (Å²) in [6.45, 7) is 2.30. The molecule has 2 aliphatic carbocycles. The lowest BCUT2D eigenvalue weighted by Gasteiger charge is -2.42. The van der Waals surface area contributed by atoms with Gasteiger partial charge in [-0.3, -0.25) is 9.59 Å². The van der Waals surface area contributed by atoms with E-state index >= 15 is 0 Å². The first-order valence-electron chi connectivity index (χ1n) is 12.4. The number of aryl methyl sites for hydroxylation is 1. The lowest BCUT2D eigenvalue weighted by atomic mass is 9.76. The number of nitrogens with one attached hydrogen (secondary N) is 1. The van der Waals surface area contributed by atoms with Gasteiger partial charge in [0.2, 0.25) is 11.8 Å². The van der Waals surface area contributed by atoms with Gasteiger partial charge in [-0.2, -0.15) is 0 Å². The van der Waals surface area contributed by atoms with Gasteiger partial charge < -0.3 is 25.2 Å². The van der Waals surface area contributed by atoms with Gasteiger partial charge in [0.1, 0.15) is 18.0 Å². The Bertz CT molecular complexity index is 1120. The van der Waals surface area contributed by atoms with Crippen LogP contribution >= 0.6 is 0 Å². The smallest absolute Gasteiger partial charge is 0.247 e. The van der Waals surface area contributed by atoms with Crippen molar-refractivity contribution >= 4 is 11.8 Å². The number of rotatable bonds is 7. The maximum Gasteiger partial charge on any atom is 0.247 e. The number of ether oxygens (including phenoxy) is 1. The molecule has 1 aliphatic heterocycles. The standard InChI is InChI=1S/C28H32N2O5/c1-17-9-11-18(12-10-17)16-30(28(34)19-5-4-6-19)22-15-21(27(33)29-13-14-31)24-20-7-2-3-8-23(20)35-26(24)25(22)32/h2-3,7-12,15,19,22,24-26,31-32H,4-6,13-14,16H2,1H3,(H,29,33). The number of amides is 2. The van der Waals surface area contributed by atoms with Crippen LogP contribution in [0.15, 0.2) is 60.2 Å². The van der Waals surface area contributed by atoms with E-state index < -0.39 is 24.2 Å². The molecule has 0 radical (unpaired) electrons. The Morgan fingerprint density at radius 2 is 1.86 bits per heavy atom. The van der Waals surface area contributed by atoms with Crippen molar-refractivity contribution in [3.63, 3.8) is 0 Å². The molecule has 0 spiro atoms. The van der Waals surface area contributed by atoms with Crippen LogP contribution in [0.4, 0.5) is 0 Å². The third-order valence-corrected chi connectivity index (χ3v) is 7.45. The summed E-state index contributed by atoms with van der Waals surface area (Å²) in [6.07, 6.45) is 2.76. The van der Waals surface area contributed by atoms with Gasteiger partial charge in [-0.25, -0.2) is 0 Å². The molecular formula is C28H32N2O5. The zero-order chi connectivity index (χ0) is 24.5. The average Bonchev–Trinajstić information content (AvgIpc) is 3.22. The molecule has 4 unspecified atom stereocenters. The van der Waals surface area contributed by atoms with Crippen LogP contribution in [0.1, 0.15) is 41.9 Å². The molecule has 1 heterocycles. The molecule has 4 atom stereocenters. The highest BCUT2D eigenvalue weighted by Gasteiger charge is 2.51. The van der Waals surface area contributed by atoms with E-state index in [1.54, 1.807) is 11.0 Å². The zero-order valence-electron chi connectivity index (χ0n) is 19.9. The number of nitrogens with zero attached hydrogens (tertiary/aromatic N) is 1. The number of para-hydroxylation sites is 1. The molecule has 2 amide bonds. The topological polar surface area (TPSA) is 99.1 Å². The van der Waals surface area contributed by atoms with Crippen molar-refractivity contribution in [3.8, 4) is 5.75 Å². The summed E-state index contributed by atoms with van der Waals surface area (Å²) >= 11 is 0. The Morgan fingerprint density at radius 3 is 2.54 bits per heavy atom. The van der Waals surface area contributed by atoms with E-state index in [2.05, 4.69) is 5.32 Å². The van der Waals surface area contributed by atoms with E-state index in [-0.39, 0.29) is 30.9 Å². The Morgan fingerprint density at radius 1 is 1.11 bits per heavy atom. The van der Waals surface area contributed by atoms with Crippen molar-refractivity contribution in [3.05, 3.63) is 76.9 Å². The van der Waals surface area contributed by atoms with E-state index in [4.69, 9.17) is 4.74 Å². The fraction of sp³-hybridized carbons (Fsp3) is 0.429. The monoisotopic (exact) mass is 476 g/mol. The molecule has 0 bridgehead atoms. The van der Waals surface area contributed by atoms with Crippen molar-refractivity contribution in [2.45, 2.75) is 56.9 Å². The lowest BCUT2D eigenvalue weighted by Crippen LogP contribution is -2.56. The molecule has 1 saturated carbocycles. The van der Waals surface area contributed by atoms with Crippen molar-refractivity contribution in [2.24, 2.45) is 5.92 Å². The molecule has 1 fully saturated rings. The van der Waals surface area contributed by atoms with Crippen LogP contribution in [0.25, 0.3) is 0 Å². The largest absolute Gasteiger partial charge is 0.486 e. The predicted molar refractivity (Wildman–Crippen MR) is 131 cm³/mol. The second-order valence-corrected chi connectivity index (χ2v) is 9.76. The molecule has 0 aromatic heterocycles. The molecule has 3 aliphatic rings. The predicted octanol–water partition coefficient (Wildman–Crippen LogP) is 2.45. The second-order valence-electron chi connectivity index (χ2n) is 9.76. The van der Waals surface area contributed by atoms with E-state index in [0.717, 1.165) is 36.0 Å². The highest BCUT2D eigenvalue weighted by atomic mass is 16.5. The van der Waals surface area contributed by atoms with Crippen LogP contribution in [0.5, 0.6) is 5.75 Å². The summed E-state index contributed by atoms with van der Waals surface area (Å²) in [4.78, 5) is 28.6. The number of aliphatic hydroxyl groups excluding tert-OH is 2. The number of carbonyl (C=O) groups is 2. The molecule has 7 nitrogen and oxygen atoms in total. The van der Waals surface area contributed by atoms with Gasteiger partial charge in [0.25, 0.3) is 0 Å². The lowest BCUT2D eigenvalue weighted by molar-refractivity contribution is -0.144. The summed E-state index contributed by atoms with van der Waals surface area (Å²) in [5.41, 5.74) is 3.40. The molecular weight excluding hydrogens is 444 g/mol. The fourth-order valence-electron chi connectivity index (χ4n) is 5.30. The number of aliphatic hydroxyl groups is 2. The SMILES string of the molecule is Cc1ccc(CN(C(=O)C2CCC2)C2C=C(C(=O)NCCO)C3c4ccccc4OC3C2O)cc1. The zero-order valence-corrected chi connectivity index (χ0v) is 19.9. The minimum Gasteiger partial charge on any atom is -0.486 e. The Labute approximate surface area is 205 Å². The summed E-state index contributed by atoms with van der Waals surface area (Å²) in [5.74, 6) is -0.194. The maximum atomic E-state index is 13.6. The maximum absolute atomic E-state index is 13.6. The van der Waals surface area contributed by atoms with Crippen LogP contribution in [0.3, 0.4) is 0 Å². The average molecular weight is 477 g/mol. The van der Waals surface area contributed by atoms with E-state index in [0.29, 0.717) is 17.9 Å². The van der Waals surface area contributed by atoms with Crippen LogP contribution in [-0.2, 0) is 16.1 Å². The van der Waals surface area contributed by atoms with Gasteiger partial charge >= 0.3 is 0 Å². The van der Waals surface area contributed by atoms with Gasteiger partial charge in [0, 0.05) is 30.1 Å². The van der Waals surface area contributed by atoms with Crippen molar-refractivity contribution in [1.82, 2.24) is 10.2 Å². The summed E-state index contributed by atoms with van der Waals surface area (Å²) in [6, 6.07) is 14.8. The molecule has 3 N–H and O–H groups in total. The van der Waals surface area contributed by atoms with E-state index in [1.165, 1.54) is 0 Å². The number of hydrogen-bond acceptors (Lipinski definition) is 5. The minimum absolute atomic E-state index is 0.00111. The molecule has 0 saturated heterocycles. The van der Waals surface area contributed by atoms with Crippen molar-refractivity contribution in [1.29, 1.82) is 0 Å². The van der Waals surface area contributed by atoms with Gasteiger partial charge in [0.15, 0.2) is 0 Å². The molecule has 184 valence electrons. The summed E-state index contributed by atoms with van der Waals surface area (Å²) < 4.78 is 6.18. The Hall–Kier alpha value is -3.16. The summed E-state index contributed by atoms with van der Waals surface area (Å²) in [5, 5.41) is 23.6. The third kappa shape index (κ3) is 4.46. The quantitative estimate of drug-likeness (QED) is 0.570. The van der Waals surface area contributed by atoms with Crippen molar-refractivity contribution < 1.29 is 24.5 Å². The highest BCUT2D eigenvalue weighted by molar-refractivity contribution is 5.96. The van der Waals surface area contributed by atoms with Gasteiger partial charge in [-0.1, -0.05) is 54.4 Å². The molecule has 2 aromatic rings. The first-order chi connectivity index (χ1) is 17.0. The minimum atomic E-state index is -1.00. The van der Waals surface area contributed by atoms with Crippen LogP contribution in [0.2, 0.25) is 0 Å². The van der Waals surface area contributed by atoms with Crippen molar-refractivity contribution in [2.75, 3.05) is 13.2 Å².